The van der Waals surface area contributed by atoms with Gasteiger partial charge in [0.2, 0.25) is 0 Å². The van der Waals surface area contributed by atoms with Crippen LogP contribution in [0.4, 0.5) is 0 Å². The molecule has 0 heterocycles. The van der Waals surface area contributed by atoms with Crippen LogP contribution in [0.1, 0.15) is 32.6 Å². The Bertz CT molecular complexity index is 332. The average Bonchev–Trinajstić information content (AvgIpc) is 3.05. The number of rotatable bonds is 0. The van der Waals surface area contributed by atoms with E-state index < -0.39 is 20.8 Å². The van der Waals surface area contributed by atoms with Gasteiger partial charge in [-0.15, -0.1) is 25.5 Å². The third-order valence-corrected chi connectivity index (χ3v) is 3.22. The van der Waals surface area contributed by atoms with Gasteiger partial charge < -0.3 is 0 Å². The van der Waals surface area contributed by atoms with Crippen molar-refractivity contribution < 1.29 is 20.8 Å². The van der Waals surface area contributed by atoms with E-state index in [4.69, 9.17) is 17.0 Å². The summed E-state index contributed by atoms with van der Waals surface area (Å²) in [6, 6.07) is 0. The fraction of sp³-hybridized carbons (Fsp3) is 0.400. The van der Waals surface area contributed by atoms with Crippen LogP contribution >= 0.6 is 17.0 Å². The Balaban J connectivity index is 0.000000170. The van der Waals surface area contributed by atoms with Gasteiger partial charge in [0.1, 0.15) is 0 Å². The van der Waals surface area contributed by atoms with Crippen molar-refractivity contribution in [2.75, 3.05) is 0 Å². The number of hydrogen-bond acceptors (Lipinski definition) is 0. The molecular formula is C15H18Cl2Zr. The Labute approximate surface area is 129 Å². The Morgan fingerprint density at radius 2 is 2.11 bits per heavy atom. The van der Waals surface area contributed by atoms with E-state index in [9.17, 15) is 0 Å². The normalized spacial score (nSPS) is 22.3. The topological polar surface area (TPSA) is 0 Å². The second kappa shape index (κ2) is 10.1. The predicted octanol–water partition coefficient (Wildman–Crippen LogP) is 5.56. The molecule has 0 radical (unpaired) electrons. The summed E-state index contributed by atoms with van der Waals surface area (Å²) >= 11 is -0.826. The van der Waals surface area contributed by atoms with Crippen LogP contribution in [0.5, 0.6) is 0 Å². The molecule has 18 heavy (non-hydrogen) atoms. The number of hydrogen-bond donors (Lipinski definition) is 0. The fourth-order valence-corrected chi connectivity index (χ4v) is 2.32. The molecule has 0 N–H and O–H groups in total. The first-order valence-corrected chi connectivity index (χ1v) is 12.5. The Morgan fingerprint density at radius 1 is 1.33 bits per heavy atom. The van der Waals surface area contributed by atoms with Crippen LogP contribution in [0.25, 0.3) is 0 Å². The Kier molecular flexibility index (Phi) is 9.20. The summed E-state index contributed by atoms with van der Waals surface area (Å²) in [5.41, 5.74) is 1.63. The summed E-state index contributed by atoms with van der Waals surface area (Å²) in [4.78, 5) is 0. The minimum atomic E-state index is -0.826. The molecule has 0 saturated heterocycles. The second-order valence-corrected chi connectivity index (χ2v) is 8.11. The number of allylic oxidation sites excluding steroid dienone is 8. The third kappa shape index (κ3) is 5.96. The van der Waals surface area contributed by atoms with E-state index in [2.05, 4.69) is 37.3 Å². The molecule has 3 rings (SSSR count). The Hall–Kier alpha value is 0.293. The quantitative estimate of drug-likeness (QED) is 0.496. The first-order valence-electron chi connectivity index (χ1n) is 6.17. The van der Waals surface area contributed by atoms with Gasteiger partial charge in [-0.1, -0.05) is 12.8 Å². The van der Waals surface area contributed by atoms with Crippen molar-refractivity contribution in [3.8, 4) is 0 Å². The molecule has 0 aromatic heterocycles. The molecule has 96 valence electrons. The molecule has 0 bridgehead atoms. The van der Waals surface area contributed by atoms with Crippen molar-refractivity contribution in [3.63, 3.8) is 0 Å². The van der Waals surface area contributed by atoms with Gasteiger partial charge in [0.25, 0.3) is 0 Å². The van der Waals surface area contributed by atoms with E-state index in [0.29, 0.717) is 0 Å². The molecule has 3 heteroatoms. The Morgan fingerprint density at radius 3 is 2.61 bits per heavy atom. The van der Waals surface area contributed by atoms with Gasteiger partial charge in [-0.2, -0.15) is 6.08 Å². The van der Waals surface area contributed by atoms with Crippen LogP contribution in [-0.2, 0) is 20.8 Å². The van der Waals surface area contributed by atoms with Crippen molar-refractivity contribution >= 4 is 17.0 Å². The summed E-state index contributed by atoms with van der Waals surface area (Å²) in [5, 5.41) is 0. The molecule has 1 atom stereocenters. The predicted molar refractivity (Wildman–Crippen MR) is 76.8 cm³/mol. The second-order valence-electron chi connectivity index (χ2n) is 4.38. The minimum absolute atomic E-state index is 0.826. The molecule has 1 saturated carbocycles. The molecule has 1 fully saturated rings. The number of halogens is 2. The third-order valence-electron chi connectivity index (χ3n) is 3.22. The molecule has 1 unspecified atom stereocenters. The van der Waals surface area contributed by atoms with E-state index in [0.717, 1.165) is 12.3 Å². The van der Waals surface area contributed by atoms with Crippen LogP contribution in [0.15, 0.2) is 42.0 Å². The van der Waals surface area contributed by atoms with E-state index in [-0.39, 0.29) is 0 Å². The van der Waals surface area contributed by atoms with Crippen LogP contribution in [0.2, 0.25) is 0 Å². The zero-order chi connectivity index (χ0) is 13.2. The van der Waals surface area contributed by atoms with E-state index >= 15 is 0 Å². The van der Waals surface area contributed by atoms with Gasteiger partial charge in [-0.05, 0) is 12.3 Å². The summed E-state index contributed by atoms with van der Waals surface area (Å²) < 4.78 is 0. The molecule has 0 amide bonds. The van der Waals surface area contributed by atoms with E-state index in [1.807, 2.05) is 12.2 Å². The van der Waals surface area contributed by atoms with Crippen molar-refractivity contribution in [2.45, 2.75) is 32.6 Å². The van der Waals surface area contributed by atoms with Gasteiger partial charge in [-0.25, -0.2) is 29.7 Å². The summed E-state index contributed by atoms with van der Waals surface area (Å²) in [7, 11) is 9.87. The molecule has 0 aromatic carbocycles. The van der Waals surface area contributed by atoms with Gasteiger partial charge in [0.05, 0.1) is 0 Å². The maximum atomic E-state index is 4.93. The van der Waals surface area contributed by atoms with Crippen LogP contribution in [-0.4, -0.2) is 0 Å². The summed E-state index contributed by atoms with van der Waals surface area (Å²) in [6.07, 6.45) is 20.8. The van der Waals surface area contributed by atoms with Crippen LogP contribution in [0, 0.1) is 17.9 Å². The van der Waals surface area contributed by atoms with E-state index in [1.165, 1.54) is 19.3 Å². The van der Waals surface area contributed by atoms with Crippen molar-refractivity contribution in [2.24, 2.45) is 5.92 Å². The average molecular weight is 360 g/mol. The molecule has 0 aromatic rings. The van der Waals surface area contributed by atoms with Gasteiger partial charge in [0.15, 0.2) is 0 Å². The molecular weight excluding hydrogens is 342 g/mol. The van der Waals surface area contributed by atoms with Crippen LogP contribution < -0.4 is 0 Å². The molecule has 3 aliphatic carbocycles. The maximum absolute atomic E-state index is 4.93. The SMILES string of the molecule is C[C-]1CCC2CC=CC=C12.[C-]1=CC=CC1.[Cl][Zr+2][Cl]. The van der Waals surface area contributed by atoms with Gasteiger partial charge in [-0.3, -0.25) is 6.08 Å². The van der Waals surface area contributed by atoms with Gasteiger partial charge in [0, 0.05) is 0 Å². The van der Waals surface area contributed by atoms with E-state index in [1.54, 1.807) is 11.5 Å². The molecule has 0 nitrogen and oxygen atoms in total. The summed E-state index contributed by atoms with van der Waals surface area (Å²) in [5.74, 6) is 2.50. The molecule has 3 aliphatic rings. The van der Waals surface area contributed by atoms with Crippen molar-refractivity contribution in [1.82, 2.24) is 0 Å². The monoisotopic (exact) mass is 358 g/mol. The number of fused-ring (bicyclic) bond motifs is 1. The zero-order valence-corrected chi connectivity index (χ0v) is 14.6. The summed E-state index contributed by atoms with van der Waals surface area (Å²) in [6.45, 7) is 2.27. The van der Waals surface area contributed by atoms with Crippen LogP contribution in [0.3, 0.4) is 0 Å². The fourth-order valence-electron chi connectivity index (χ4n) is 2.32. The van der Waals surface area contributed by atoms with Crippen molar-refractivity contribution in [1.29, 1.82) is 0 Å². The standard InChI is InChI=1S/C10H13.C5H5.2ClH.Zr/c1-8-6-7-9-4-2-3-5-10(8)9;1-2-4-5-3-1;;;/h2-3,5,9H,4,6-7H2,1H3;1-3H,4H2;2*1H;/q2*-1;;;+4/p-2. The first-order chi connectivity index (χ1) is 8.79. The van der Waals surface area contributed by atoms with Crippen molar-refractivity contribution in [3.05, 3.63) is 54.0 Å². The molecule has 0 spiro atoms. The molecule has 0 aliphatic heterocycles. The van der Waals surface area contributed by atoms with Gasteiger partial charge >= 0.3 is 37.9 Å². The first kappa shape index (κ1) is 16.3. The zero-order valence-electron chi connectivity index (χ0n) is 10.6.